The zero-order chi connectivity index (χ0) is 9.35. The van der Waals surface area contributed by atoms with Gasteiger partial charge in [-0.25, -0.2) is 0 Å². The van der Waals surface area contributed by atoms with Crippen LogP contribution >= 0.6 is 0 Å². The van der Waals surface area contributed by atoms with E-state index in [-0.39, 0.29) is 11.1 Å². The number of rotatable bonds is 0. The molecule has 3 heteroatoms. The second kappa shape index (κ2) is 2.81. The van der Waals surface area contributed by atoms with Gasteiger partial charge in [0.05, 0.1) is 5.56 Å². The number of hydrogen-bond acceptors (Lipinski definition) is 0. The first-order valence-corrected chi connectivity index (χ1v) is 3.39. The van der Waals surface area contributed by atoms with Crippen molar-refractivity contribution < 1.29 is 13.2 Å². The van der Waals surface area contributed by atoms with Gasteiger partial charge in [-0.3, -0.25) is 0 Å². The fourth-order valence-electron chi connectivity index (χ4n) is 1.12. The van der Waals surface area contributed by atoms with E-state index in [9.17, 15) is 13.2 Å². The van der Waals surface area contributed by atoms with Crippen molar-refractivity contribution in [2.45, 2.75) is 20.0 Å². The molecule has 1 aromatic carbocycles. The molecule has 0 saturated heterocycles. The van der Waals surface area contributed by atoms with E-state index in [4.69, 9.17) is 0 Å². The van der Waals surface area contributed by atoms with Crippen LogP contribution < -0.4 is 0 Å². The minimum absolute atomic E-state index is 0.0995. The Labute approximate surface area is 69.0 Å². The van der Waals surface area contributed by atoms with Crippen LogP contribution in [0.2, 0.25) is 0 Å². The van der Waals surface area contributed by atoms with Gasteiger partial charge in [-0.15, -0.1) is 0 Å². The zero-order valence-corrected chi connectivity index (χ0v) is 6.71. The third-order valence-corrected chi connectivity index (χ3v) is 1.60. The van der Waals surface area contributed by atoms with E-state index in [1.54, 1.807) is 0 Å². The minimum atomic E-state index is -4.28. The standard InChI is InChI=1S/C9H7F3/c1-6-4-3-5-7(2)8(6)9(10,11)12/h4H,1-2H3. The summed E-state index contributed by atoms with van der Waals surface area (Å²) in [6, 6.07) is 6.21. The lowest BCUT2D eigenvalue weighted by atomic mass is 10.0. The second-order valence-electron chi connectivity index (χ2n) is 2.59. The van der Waals surface area contributed by atoms with Gasteiger partial charge in [0, 0.05) is 0 Å². The molecule has 0 aliphatic heterocycles. The summed E-state index contributed by atoms with van der Waals surface area (Å²) in [6.07, 6.45) is -4.28. The summed E-state index contributed by atoms with van der Waals surface area (Å²) in [7, 11) is 0. The highest BCUT2D eigenvalue weighted by atomic mass is 19.4. The molecule has 0 amide bonds. The lowest BCUT2D eigenvalue weighted by molar-refractivity contribution is -0.138. The van der Waals surface area contributed by atoms with E-state index in [0.29, 0.717) is 0 Å². The van der Waals surface area contributed by atoms with Gasteiger partial charge in [0.2, 0.25) is 0 Å². The molecule has 0 N–H and O–H groups in total. The van der Waals surface area contributed by atoms with Crippen LogP contribution in [0.1, 0.15) is 16.7 Å². The number of aryl methyl sites for hydroxylation is 2. The van der Waals surface area contributed by atoms with Crippen molar-refractivity contribution >= 4 is 0 Å². The van der Waals surface area contributed by atoms with E-state index in [0.717, 1.165) is 0 Å². The van der Waals surface area contributed by atoms with Crippen LogP contribution in [-0.4, -0.2) is 0 Å². The molecule has 0 aliphatic rings. The van der Waals surface area contributed by atoms with Gasteiger partial charge >= 0.3 is 6.18 Å². The molecule has 0 fully saturated rings. The normalized spacial score (nSPS) is 11.8. The topological polar surface area (TPSA) is 0 Å². The average Bonchev–Trinajstić information content (AvgIpc) is 1.82. The van der Waals surface area contributed by atoms with Crippen molar-refractivity contribution in [3.05, 3.63) is 34.9 Å². The summed E-state index contributed by atoms with van der Waals surface area (Å²) in [4.78, 5) is 0. The van der Waals surface area contributed by atoms with Crippen LogP contribution in [0.4, 0.5) is 13.2 Å². The van der Waals surface area contributed by atoms with Crippen LogP contribution in [0.5, 0.6) is 0 Å². The van der Waals surface area contributed by atoms with Crippen molar-refractivity contribution in [2.24, 2.45) is 0 Å². The van der Waals surface area contributed by atoms with Gasteiger partial charge < -0.3 is 0 Å². The maximum absolute atomic E-state index is 12.3. The van der Waals surface area contributed by atoms with Crippen molar-refractivity contribution in [3.8, 4) is 0 Å². The van der Waals surface area contributed by atoms with E-state index < -0.39 is 11.7 Å². The second-order valence-corrected chi connectivity index (χ2v) is 2.59. The van der Waals surface area contributed by atoms with Crippen LogP contribution in [0.15, 0.2) is 6.07 Å². The molecule has 2 radical (unpaired) electrons. The van der Waals surface area contributed by atoms with Gasteiger partial charge in [-0.2, -0.15) is 13.2 Å². The molecule has 0 saturated carbocycles. The van der Waals surface area contributed by atoms with Crippen LogP contribution in [-0.2, 0) is 6.18 Å². The maximum Gasteiger partial charge on any atom is 0.416 e. The van der Waals surface area contributed by atoms with Crippen molar-refractivity contribution in [1.82, 2.24) is 0 Å². The van der Waals surface area contributed by atoms with Crippen molar-refractivity contribution in [2.75, 3.05) is 0 Å². The molecule has 0 aliphatic carbocycles. The Balaban J connectivity index is 3.31. The van der Waals surface area contributed by atoms with Gasteiger partial charge in [0.15, 0.2) is 0 Å². The summed E-state index contributed by atoms with van der Waals surface area (Å²) in [5.41, 5.74) is -0.303. The summed E-state index contributed by atoms with van der Waals surface area (Å²) < 4.78 is 36.8. The van der Waals surface area contributed by atoms with E-state index in [1.165, 1.54) is 19.9 Å². The first-order valence-electron chi connectivity index (χ1n) is 3.39. The Morgan fingerprint density at radius 3 is 2.17 bits per heavy atom. The molecule has 0 heterocycles. The molecule has 0 spiro atoms. The zero-order valence-electron chi connectivity index (χ0n) is 6.71. The first kappa shape index (κ1) is 9.10. The number of benzene rings is 1. The molecular weight excluding hydrogens is 165 g/mol. The third kappa shape index (κ3) is 1.60. The van der Waals surface area contributed by atoms with Gasteiger partial charge in [-0.1, -0.05) is 6.07 Å². The molecule has 0 atom stereocenters. The fourth-order valence-corrected chi connectivity index (χ4v) is 1.12. The number of halogens is 3. The SMILES string of the molecule is Cc1[c][c]cc(C)c1C(F)(F)F. The molecule has 0 unspecified atom stereocenters. The van der Waals surface area contributed by atoms with Crippen LogP contribution in [0.3, 0.4) is 0 Å². The van der Waals surface area contributed by atoms with E-state index in [2.05, 4.69) is 12.1 Å². The van der Waals surface area contributed by atoms with Crippen molar-refractivity contribution in [1.29, 1.82) is 0 Å². The van der Waals surface area contributed by atoms with E-state index >= 15 is 0 Å². The highest BCUT2D eigenvalue weighted by Crippen LogP contribution is 2.33. The maximum atomic E-state index is 12.3. The number of alkyl halides is 3. The molecule has 0 aromatic heterocycles. The Bertz CT molecular complexity index is 266. The Hall–Kier alpha value is -0.990. The predicted octanol–water partition coefficient (Wildman–Crippen LogP) is 2.92. The Morgan fingerprint density at radius 2 is 1.83 bits per heavy atom. The van der Waals surface area contributed by atoms with Gasteiger partial charge in [0.1, 0.15) is 0 Å². The van der Waals surface area contributed by atoms with Gasteiger partial charge in [-0.05, 0) is 37.1 Å². The predicted molar refractivity (Wildman–Crippen MR) is 38.6 cm³/mol. The highest BCUT2D eigenvalue weighted by molar-refractivity contribution is 5.34. The summed E-state index contributed by atoms with van der Waals surface area (Å²) >= 11 is 0. The lowest BCUT2D eigenvalue weighted by Crippen LogP contribution is -2.09. The Kier molecular flexibility index (Phi) is 2.13. The third-order valence-electron chi connectivity index (χ3n) is 1.60. The molecule has 0 bridgehead atoms. The molecule has 1 rings (SSSR count). The monoisotopic (exact) mass is 172 g/mol. The van der Waals surface area contributed by atoms with E-state index in [1.807, 2.05) is 0 Å². The smallest absolute Gasteiger partial charge is 0.166 e. The van der Waals surface area contributed by atoms with Crippen LogP contribution in [0, 0.1) is 26.0 Å². The largest absolute Gasteiger partial charge is 0.416 e. The summed E-state index contributed by atoms with van der Waals surface area (Å²) in [5, 5.41) is 0. The molecular formula is C9H7F3. The molecule has 64 valence electrons. The summed E-state index contributed by atoms with van der Waals surface area (Å²) in [6.45, 7) is 2.80. The Morgan fingerprint density at radius 1 is 1.25 bits per heavy atom. The number of hydrogen-bond donors (Lipinski definition) is 0. The quantitative estimate of drug-likeness (QED) is 0.564. The molecule has 0 nitrogen and oxygen atoms in total. The van der Waals surface area contributed by atoms with Gasteiger partial charge in [0.25, 0.3) is 0 Å². The first-order chi connectivity index (χ1) is 5.43. The highest BCUT2D eigenvalue weighted by Gasteiger charge is 2.33. The fraction of sp³-hybridized carbons (Fsp3) is 0.333. The lowest BCUT2D eigenvalue weighted by Gasteiger charge is -2.11. The van der Waals surface area contributed by atoms with Crippen LogP contribution in [0.25, 0.3) is 0 Å². The van der Waals surface area contributed by atoms with Crippen molar-refractivity contribution in [3.63, 3.8) is 0 Å². The molecule has 12 heavy (non-hydrogen) atoms. The molecule has 1 aromatic rings. The summed E-state index contributed by atoms with van der Waals surface area (Å²) in [5.74, 6) is 0. The minimum Gasteiger partial charge on any atom is -0.166 e. The average molecular weight is 172 g/mol.